The number of rotatable bonds is 7. The molecule has 0 saturated heterocycles. The molecule has 0 bridgehead atoms. The van der Waals surface area contributed by atoms with Crippen LogP contribution in [-0.2, 0) is 12.8 Å². The second kappa shape index (κ2) is 9.83. The molecular weight excluding hydrogens is 384 g/mol. The number of thiocarbonyl (C=S) groups is 1. The number of aryl methyl sites for hydroxylation is 1. The van der Waals surface area contributed by atoms with Crippen molar-refractivity contribution in [3.8, 4) is 17.2 Å². The van der Waals surface area contributed by atoms with Crippen molar-refractivity contribution < 1.29 is 14.2 Å². The summed E-state index contributed by atoms with van der Waals surface area (Å²) in [7, 11) is 3.33. The van der Waals surface area contributed by atoms with Gasteiger partial charge in [-0.3, -0.25) is 0 Å². The highest BCUT2D eigenvalue weighted by Crippen LogP contribution is 2.38. The smallest absolute Gasteiger partial charge is 0.169 e. The molecule has 1 heterocycles. The molecule has 1 aliphatic heterocycles. The zero-order valence-electron chi connectivity index (χ0n) is 17.7. The van der Waals surface area contributed by atoms with E-state index in [0.717, 1.165) is 48.3 Å². The van der Waals surface area contributed by atoms with Gasteiger partial charge in [-0.2, -0.15) is 0 Å². The van der Waals surface area contributed by atoms with E-state index in [1.807, 2.05) is 12.1 Å². The first-order valence-electron chi connectivity index (χ1n) is 10.1. The number of benzene rings is 2. The van der Waals surface area contributed by atoms with Crippen LogP contribution < -0.4 is 19.5 Å². The Morgan fingerprint density at radius 1 is 1.10 bits per heavy atom. The Hall–Kier alpha value is -2.47. The van der Waals surface area contributed by atoms with E-state index in [4.69, 9.17) is 26.4 Å². The molecule has 1 aliphatic rings. The van der Waals surface area contributed by atoms with Crippen LogP contribution in [0.1, 0.15) is 36.6 Å². The first-order valence-corrected chi connectivity index (χ1v) is 10.5. The molecule has 1 atom stereocenters. The summed E-state index contributed by atoms with van der Waals surface area (Å²) in [5.41, 5.74) is 3.71. The average Bonchev–Trinajstić information content (AvgIpc) is 2.76. The Kier molecular flexibility index (Phi) is 7.20. The molecule has 5 nitrogen and oxygen atoms in total. The van der Waals surface area contributed by atoms with Crippen molar-refractivity contribution in [1.29, 1.82) is 0 Å². The van der Waals surface area contributed by atoms with Gasteiger partial charge in [0.2, 0.25) is 0 Å². The van der Waals surface area contributed by atoms with Crippen molar-refractivity contribution in [2.45, 2.75) is 32.7 Å². The molecule has 0 aromatic heterocycles. The Labute approximate surface area is 179 Å². The first-order chi connectivity index (χ1) is 14.1. The summed E-state index contributed by atoms with van der Waals surface area (Å²) < 4.78 is 17.2. The minimum absolute atomic E-state index is 0.00374. The van der Waals surface area contributed by atoms with Crippen molar-refractivity contribution in [1.82, 2.24) is 10.2 Å². The quantitative estimate of drug-likeness (QED) is 0.687. The number of fused-ring (bicyclic) bond motifs is 1. The van der Waals surface area contributed by atoms with Crippen LogP contribution >= 0.6 is 12.2 Å². The Bertz CT molecular complexity index is 839. The lowest BCUT2D eigenvalue weighted by atomic mass is 9.92. The Morgan fingerprint density at radius 2 is 1.79 bits per heavy atom. The summed E-state index contributed by atoms with van der Waals surface area (Å²) in [6.07, 6.45) is 1.91. The van der Waals surface area contributed by atoms with Gasteiger partial charge in [0.1, 0.15) is 12.4 Å². The van der Waals surface area contributed by atoms with Crippen molar-refractivity contribution >= 4 is 17.3 Å². The zero-order valence-corrected chi connectivity index (χ0v) is 18.5. The summed E-state index contributed by atoms with van der Waals surface area (Å²) in [5, 5.41) is 4.04. The summed E-state index contributed by atoms with van der Waals surface area (Å²) in [6.45, 7) is 6.33. The zero-order chi connectivity index (χ0) is 20.8. The Balaban J connectivity index is 1.90. The van der Waals surface area contributed by atoms with Gasteiger partial charge in [-0.05, 0) is 72.9 Å². The predicted molar refractivity (Wildman–Crippen MR) is 120 cm³/mol. The van der Waals surface area contributed by atoms with Gasteiger partial charge in [-0.25, -0.2) is 0 Å². The fraction of sp³-hybridized carbons (Fsp3) is 0.435. The number of nitrogens with zero attached hydrogens (tertiary/aromatic N) is 1. The van der Waals surface area contributed by atoms with Crippen LogP contribution in [0.5, 0.6) is 17.2 Å². The van der Waals surface area contributed by atoms with Gasteiger partial charge in [-0.1, -0.05) is 19.1 Å². The van der Waals surface area contributed by atoms with E-state index in [0.29, 0.717) is 6.61 Å². The van der Waals surface area contributed by atoms with Crippen LogP contribution in [0.25, 0.3) is 0 Å². The summed E-state index contributed by atoms with van der Waals surface area (Å²) >= 11 is 5.66. The minimum Gasteiger partial charge on any atom is -0.493 e. The average molecular weight is 415 g/mol. The highest BCUT2D eigenvalue weighted by Gasteiger charge is 2.31. The number of ether oxygens (including phenoxy) is 3. The molecule has 0 spiro atoms. The number of hydrogen-bond donors (Lipinski definition) is 1. The molecule has 0 aliphatic carbocycles. The first kappa shape index (κ1) is 21.2. The van der Waals surface area contributed by atoms with Crippen LogP contribution in [0.4, 0.5) is 0 Å². The number of methoxy groups -OCH3 is 2. The molecular formula is C23H30N2O3S. The van der Waals surface area contributed by atoms with E-state index in [9.17, 15) is 0 Å². The molecule has 0 saturated carbocycles. The van der Waals surface area contributed by atoms with Crippen molar-refractivity contribution in [2.24, 2.45) is 0 Å². The monoisotopic (exact) mass is 414 g/mol. The molecule has 2 aromatic carbocycles. The molecule has 3 rings (SSSR count). The summed E-state index contributed by atoms with van der Waals surface area (Å²) in [5.74, 6) is 2.34. The maximum atomic E-state index is 6.19. The van der Waals surface area contributed by atoms with Gasteiger partial charge in [-0.15, -0.1) is 0 Å². The lowest BCUT2D eigenvalue weighted by molar-refractivity contribution is 0.187. The van der Waals surface area contributed by atoms with Crippen molar-refractivity contribution in [3.63, 3.8) is 0 Å². The van der Waals surface area contributed by atoms with E-state index in [1.54, 1.807) is 14.2 Å². The van der Waals surface area contributed by atoms with E-state index >= 15 is 0 Å². The summed E-state index contributed by atoms with van der Waals surface area (Å²) in [6, 6.07) is 12.4. The molecule has 2 aromatic rings. The molecule has 0 amide bonds. The lowest BCUT2D eigenvalue weighted by Crippen LogP contribution is -2.47. The largest absolute Gasteiger partial charge is 0.493 e. The van der Waals surface area contributed by atoms with Crippen molar-refractivity contribution in [3.05, 3.63) is 53.1 Å². The standard InChI is InChI=1S/C23H30N2O3S/c1-5-16-7-9-18(10-8-16)28-15-20-19-14-22(27-4)21(26-3)13-17(19)11-12-25(20)23(29)24-6-2/h7-10,13-14,20H,5-6,11-12,15H2,1-4H3,(H,24,29). The lowest BCUT2D eigenvalue weighted by Gasteiger charge is -2.39. The minimum atomic E-state index is -0.00374. The van der Waals surface area contributed by atoms with Crippen LogP contribution in [0.3, 0.4) is 0 Å². The van der Waals surface area contributed by atoms with Crippen molar-refractivity contribution in [2.75, 3.05) is 33.9 Å². The predicted octanol–water partition coefficient (Wildman–Crippen LogP) is 4.14. The normalized spacial score (nSPS) is 15.4. The maximum Gasteiger partial charge on any atom is 0.169 e. The van der Waals surface area contributed by atoms with Crippen LogP contribution in [0, 0.1) is 0 Å². The molecule has 6 heteroatoms. The SMILES string of the molecule is CCNC(=S)N1CCc2cc(OC)c(OC)cc2C1COc1ccc(CC)cc1. The topological polar surface area (TPSA) is 43.0 Å². The van der Waals surface area contributed by atoms with Gasteiger partial charge in [0.15, 0.2) is 16.6 Å². The van der Waals surface area contributed by atoms with Gasteiger partial charge in [0.05, 0.1) is 20.3 Å². The van der Waals surface area contributed by atoms with E-state index in [1.165, 1.54) is 16.7 Å². The van der Waals surface area contributed by atoms with Crippen LogP contribution in [-0.4, -0.2) is 43.9 Å². The second-order valence-electron chi connectivity index (χ2n) is 7.01. The molecule has 156 valence electrons. The third-order valence-corrected chi connectivity index (χ3v) is 5.71. The van der Waals surface area contributed by atoms with E-state index in [-0.39, 0.29) is 6.04 Å². The summed E-state index contributed by atoms with van der Waals surface area (Å²) in [4.78, 5) is 2.22. The Morgan fingerprint density at radius 3 is 2.41 bits per heavy atom. The molecule has 1 unspecified atom stereocenters. The highest BCUT2D eigenvalue weighted by molar-refractivity contribution is 7.80. The van der Waals surface area contributed by atoms with Gasteiger partial charge >= 0.3 is 0 Å². The highest BCUT2D eigenvalue weighted by atomic mass is 32.1. The maximum absolute atomic E-state index is 6.19. The second-order valence-corrected chi connectivity index (χ2v) is 7.40. The van der Waals surface area contributed by atoms with Crippen LogP contribution in [0.15, 0.2) is 36.4 Å². The molecule has 0 fully saturated rings. The van der Waals surface area contributed by atoms with E-state index in [2.05, 4.69) is 48.3 Å². The van der Waals surface area contributed by atoms with Gasteiger partial charge in [0, 0.05) is 13.1 Å². The third-order valence-electron chi connectivity index (χ3n) is 5.33. The van der Waals surface area contributed by atoms with Gasteiger partial charge in [0.25, 0.3) is 0 Å². The fourth-order valence-electron chi connectivity index (χ4n) is 3.70. The molecule has 0 radical (unpaired) electrons. The van der Waals surface area contributed by atoms with E-state index < -0.39 is 0 Å². The number of nitrogens with one attached hydrogen (secondary N) is 1. The molecule has 29 heavy (non-hydrogen) atoms. The van der Waals surface area contributed by atoms with Crippen LogP contribution in [0.2, 0.25) is 0 Å². The third kappa shape index (κ3) is 4.75. The molecule has 1 N–H and O–H groups in total. The number of hydrogen-bond acceptors (Lipinski definition) is 4. The van der Waals surface area contributed by atoms with Gasteiger partial charge < -0.3 is 24.4 Å². The fourth-order valence-corrected chi connectivity index (χ4v) is 4.06.